The van der Waals surface area contributed by atoms with Crippen molar-refractivity contribution in [3.8, 4) is 0 Å². The number of nitrogens with zero attached hydrogens (tertiary/aromatic N) is 3. The lowest BCUT2D eigenvalue weighted by Gasteiger charge is -2.09. The third kappa shape index (κ3) is 3.26. The van der Waals surface area contributed by atoms with Crippen LogP contribution in [0.1, 0.15) is 22.8 Å². The highest BCUT2D eigenvalue weighted by atomic mass is 32.1. The van der Waals surface area contributed by atoms with Crippen molar-refractivity contribution in [1.29, 1.82) is 0 Å². The van der Waals surface area contributed by atoms with Gasteiger partial charge in [-0.1, -0.05) is 0 Å². The highest BCUT2D eigenvalue weighted by Gasteiger charge is 2.19. The first-order valence-corrected chi connectivity index (χ1v) is 8.30. The molecule has 0 aliphatic heterocycles. The Labute approximate surface area is 146 Å². The summed E-state index contributed by atoms with van der Waals surface area (Å²) in [7, 11) is 0. The number of hydrogen-bond donors (Lipinski definition) is 1. The maximum atomic E-state index is 12.1. The van der Waals surface area contributed by atoms with E-state index in [2.05, 4.69) is 15.3 Å². The first-order chi connectivity index (χ1) is 12.0. The van der Waals surface area contributed by atoms with E-state index < -0.39 is 10.9 Å². The summed E-state index contributed by atoms with van der Waals surface area (Å²) >= 11 is 1.32. The van der Waals surface area contributed by atoms with E-state index in [1.54, 1.807) is 31.4 Å². The van der Waals surface area contributed by atoms with Gasteiger partial charge in [-0.2, -0.15) is 0 Å². The number of carbonyl (C=O) groups is 1. The predicted molar refractivity (Wildman–Crippen MR) is 94.5 cm³/mol. The molecule has 0 unspecified atom stereocenters. The molecule has 9 heteroatoms. The molecule has 0 radical (unpaired) electrons. The summed E-state index contributed by atoms with van der Waals surface area (Å²) in [4.78, 5) is 31.7. The number of rotatable bonds is 5. The van der Waals surface area contributed by atoms with Crippen molar-refractivity contribution in [2.24, 2.45) is 0 Å². The van der Waals surface area contributed by atoms with Crippen LogP contribution in [-0.4, -0.2) is 27.5 Å². The Morgan fingerprint density at radius 3 is 2.88 bits per heavy atom. The molecule has 3 rings (SSSR count). The summed E-state index contributed by atoms with van der Waals surface area (Å²) in [6, 6.07) is 4.67. The molecular formula is C16H14N4O4S. The van der Waals surface area contributed by atoms with Gasteiger partial charge in [-0.15, -0.1) is 11.3 Å². The Balaban J connectivity index is 2.01. The number of fused-ring (bicyclic) bond motifs is 1. The van der Waals surface area contributed by atoms with Gasteiger partial charge in [0.1, 0.15) is 17.0 Å². The molecule has 0 amide bonds. The molecule has 0 atom stereocenters. The van der Waals surface area contributed by atoms with Gasteiger partial charge in [-0.25, -0.2) is 14.8 Å². The zero-order valence-electron chi connectivity index (χ0n) is 13.5. The van der Waals surface area contributed by atoms with E-state index in [1.165, 1.54) is 23.7 Å². The van der Waals surface area contributed by atoms with E-state index in [1.807, 2.05) is 0 Å². The summed E-state index contributed by atoms with van der Waals surface area (Å²) in [6.45, 7) is 3.67. The molecule has 0 saturated carbocycles. The Morgan fingerprint density at radius 2 is 2.20 bits per heavy atom. The first kappa shape index (κ1) is 16.8. The van der Waals surface area contributed by atoms with E-state index in [9.17, 15) is 14.9 Å². The summed E-state index contributed by atoms with van der Waals surface area (Å²) in [6.07, 6.45) is 1.40. The average Bonchev–Trinajstić information content (AvgIpc) is 3.00. The van der Waals surface area contributed by atoms with Crippen LogP contribution in [0.3, 0.4) is 0 Å². The van der Waals surface area contributed by atoms with E-state index >= 15 is 0 Å². The second-order valence-corrected chi connectivity index (χ2v) is 6.01. The van der Waals surface area contributed by atoms with Crippen LogP contribution in [0.15, 0.2) is 29.9 Å². The van der Waals surface area contributed by atoms with Crippen molar-refractivity contribution in [3.63, 3.8) is 0 Å². The number of esters is 1. The Hall–Kier alpha value is -3.07. The van der Waals surface area contributed by atoms with Crippen molar-refractivity contribution < 1.29 is 14.5 Å². The molecule has 1 aromatic carbocycles. The number of carbonyl (C=O) groups excluding carboxylic acids is 1. The van der Waals surface area contributed by atoms with Gasteiger partial charge in [0, 0.05) is 22.7 Å². The maximum absolute atomic E-state index is 12.1. The van der Waals surface area contributed by atoms with Crippen LogP contribution in [0, 0.1) is 17.0 Å². The van der Waals surface area contributed by atoms with Crippen molar-refractivity contribution in [2.45, 2.75) is 13.8 Å². The molecule has 0 aliphatic carbocycles. The van der Waals surface area contributed by atoms with Crippen LogP contribution in [0.4, 0.5) is 17.2 Å². The molecule has 2 heterocycles. The molecule has 2 aromatic heterocycles. The third-order valence-corrected chi connectivity index (χ3v) is 4.41. The Bertz CT molecular complexity index is 970. The minimum absolute atomic E-state index is 0.0427. The van der Waals surface area contributed by atoms with Gasteiger partial charge >= 0.3 is 5.97 Å². The fraction of sp³-hybridized carbons (Fsp3) is 0.188. The maximum Gasteiger partial charge on any atom is 0.339 e. The second-order valence-electron chi connectivity index (χ2n) is 5.16. The number of aryl methyl sites for hydroxylation is 1. The van der Waals surface area contributed by atoms with Crippen molar-refractivity contribution in [3.05, 3.63) is 51.1 Å². The monoisotopic (exact) mass is 358 g/mol. The van der Waals surface area contributed by atoms with Gasteiger partial charge in [-0.05, 0) is 26.0 Å². The first-order valence-electron chi connectivity index (χ1n) is 7.42. The summed E-state index contributed by atoms with van der Waals surface area (Å²) in [5.74, 6) is 0.00837. The molecule has 25 heavy (non-hydrogen) atoms. The topological polar surface area (TPSA) is 107 Å². The SMILES string of the molecule is CCOC(=O)c1csc2ncnc(Nc3ccc([N+](=O)[O-])c(C)c3)c12. The Kier molecular flexibility index (Phi) is 4.57. The van der Waals surface area contributed by atoms with Gasteiger partial charge in [0.2, 0.25) is 0 Å². The second kappa shape index (κ2) is 6.81. The van der Waals surface area contributed by atoms with Gasteiger partial charge in [-0.3, -0.25) is 10.1 Å². The van der Waals surface area contributed by atoms with Crippen LogP contribution < -0.4 is 5.32 Å². The molecule has 128 valence electrons. The molecule has 0 fully saturated rings. The molecular weight excluding hydrogens is 344 g/mol. The largest absolute Gasteiger partial charge is 0.462 e. The fourth-order valence-electron chi connectivity index (χ4n) is 2.40. The van der Waals surface area contributed by atoms with Crippen molar-refractivity contribution in [1.82, 2.24) is 9.97 Å². The Morgan fingerprint density at radius 1 is 1.40 bits per heavy atom. The van der Waals surface area contributed by atoms with Crippen LogP contribution >= 0.6 is 11.3 Å². The number of anilines is 2. The van der Waals surface area contributed by atoms with Gasteiger partial charge in [0.25, 0.3) is 5.69 Å². The highest BCUT2D eigenvalue weighted by molar-refractivity contribution is 7.17. The summed E-state index contributed by atoms with van der Waals surface area (Å²) in [5.41, 5.74) is 1.59. The van der Waals surface area contributed by atoms with Crippen LogP contribution in [-0.2, 0) is 4.74 Å². The lowest BCUT2D eigenvalue weighted by Crippen LogP contribution is -2.05. The van der Waals surface area contributed by atoms with Crippen molar-refractivity contribution >= 4 is 44.7 Å². The minimum Gasteiger partial charge on any atom is -0.462 e. The van der Waals surface area contributed by atoms with Crippen LogP contribution in [0.5, 0.6) is 0 Å². The smallest absolute Gasteiger partial charge is 0.339 e. The molecule has 8 nitrogen and oxygen atoms in total. The minimum atomic E-state index is -0.438. The molecule has 3 aromatic rings. The predicted octanol–water partition coefficient (Wildman–Crippen LogP) is 3.83. The van der Waals surface area contributed by atoms with E-state index in [0.29, 0.717) is 32.8 Å². The van der Waals surface area contributed by atoms with Gasteiger partial charge in [0.05, 0.1) is 22.5 Å². The summed E-state index contributed by atoms with van der Waals surface area (Å²) < 4.78 is 5.07. The number of hydrogen-bond acceptors (Lipinski definition) is 8. The lowest BCUT2D eigenvalue weighted by atomic mass is 10.1. The van der Waals surface area contributed by atoms with E-state index in [4.69, 9.17) is 4.74 Å². The quantitative estimate of drug-likeness (QED) is 0.419. The van der Waals surface area contributed by atoms with Crippen LogP contribution in [0.2, 0.25) is 0 Å². The number of nitro groups is 1. The number of nitrogens with one attached hydrogen (secondary N) is 1. The molecule has 0 spiro atoms. The normalized spacial score (nSPS) is 10.6. The fourth-order valence-corrected chi connectivity index (χ4v) is 3.28. The molecule has 0 bridgehead atoms. The van der Waals surface area contributed by atoms with Gasteiger partial charge in [0.15, 0.2) is 0 Å². The number of ether oxygens (including phenoxy) is 1. The van der Waals surface area contributed by atoms with Crippen LogP contribution in [0.25, 0.3) is 10.2 Å². The molecule has 1 N–H and O–H groups in total. The number of aromatic nitrogens is 2. The zero-order chi connectivity index (χ0) is 18.0. The molecule has 0 saturated heterocycles. The number of thiophene rings is 1. The van der Waals surface area contributed by atoms with Crippen molar-refractivity contribution in [2.75, 3.05) is 11.9 Å². The number of nitro benzene ring substituents is 1. The number of benzene rings is 1. The lowest BCUT2D eigenvalue weighted by molar-refractivity contribution is -0.385. The third-order valence-electron chi connectivity index (χ3n) is 3.52. The summed E-state index contributed by atoms with van der Waals surface area (Å²) in [5, 5.41) is 16.3. The standard InChI is InChI=1S/C16H14N4O4S/c1-3-24-16(21)11-7-25-15-13(11)14(17-8-18-15)19-10-4-5-12(20(22)23)9(2)6-10/h4-8H,3H2,1-2H3,(H,17,18,19). The molecule has 0 aliphatic rings. The average molecular weight is 358 g/mol. The highest BCUT2D eigenvalue weighted by Crippen LogP contribution is 2.32. The van der Waals surface area contributed by atoms with E-state index in [0.717, 1.165) is 0 Å². The zero-order valence-corrected chi connectivity index (χ0v) is 14.3. The van der Waals surface area contributed by atoms with Gasteiger partial charge < -0.3 is 10.1 Å². The van der Waals surface area contributed by atoms with E-state index in [-0.39, 0.29) is 12.3 Å².